The molecule has 0 bridgehead atoms. The molecule has 0 unspecified atom stereocenters. The van der Waals surface area contributed by atoms with Gasteiger partial charge in [0.25, 0.3) is 0 Å². The summed E-state index contributed by atoms with van der Waals surface area (Å²) in [6.07, 6.45) is 2.27. The summed E-state index contributed by atoms with van der Waals surface area (Å²) >= 11 is 5.85. The highest BCUT2D eigenvalue weighted by atomic mass is 35.5. The van der Waals surface area contributed by atoms with Crippen LogP contribution in [0.15, 0.2) is 29.2 Å². The van der Waals surface area contributed by atoms with Gasteiger partial charge in [0.1, 0.15) is 0 Å². The van der Waals surface area contributed by atoms with Crippen molar-refractivity contribution in [1.82, 2.24) is 10.6 Å². The van der Waals surface area contributed by atoms with E-state index in [0.717, 1.165) is 25.9 Å². The normalized spacial score (nSPS) is 20.9. The van der Waals surface area contributed by atoms with Crippen molar-refractivity contribution < 1.29 is 13.2 Å². The lowest BCUT2D eigenvalue weighted by atomic mass is 10.0. The lowest BCUT2D eigenvalue weighted by molar-refractivity contribution is -0.123. The van der Waals surface area contributed by atoms with Crippen LogP contribution >= 0.6 is 11.6 Å². The Bertz CT molecular complexity index is 678. The molecule has 23 heavy (non-hydrogen) atoms. The third-order valence-electron chi connectivity index (χ3n) is 4.88. The fourth-order valence-corrected chi connectivity index (χ4v) is 5.51. The van der Waals surface area contributed by atoms with Gasteiger partial charge in [0.2, 0.25) is 5.91 Å². The second-order valence-electron chi connectivity index (χ2n) is 6.39. The van der Waals surface area contributed by atoms with Crippen LogP contribution in [0.25, 0.3) is 0 Å². The summed E-state index contributed by atoms with van der Waals surface area (Å²) in [7, 11) is -3.74. The fourth-order valence-electron chi connectivity index (χ4n) is 3.29. The second kappa shape index (κ2) is 6.42. The van der Waals surface area contributed by atoms with Crippen LogP contribution in [0.5, 0.6) is 0 Å². The molecule has 0 aromatic heterocycles. The zero-order chi connectivity index (χ0) is 16.5. The van der Waals surface area contributed by atoms with E-state index in [1.807, 2.05) is 0 Å². The largest absolute Gasteiger partial charge is 0.354 e. The van der Waals surface area contributed by atoms with Crippen LogP contribution in [0.4, 0.5) is 0 Å². The van der Waals surface area contributed by atoms with Crippen LogP contribution in [-0.2, 0) is 14.6 Å². The van der Waals surface area contributed by atoms with Crippen molar-refractivity contribution in [3.63, 3.8) is 0 Å². The quantitative estimate of drug-likeness (QED) is 0.843. The van der Waals surface area contributed by atoms with E-state index in [2.05, 4.69) is 10.6 Å². The summed E-state index contributed by atoms with van der Waals surface area (Å²) in [4.78, 5) is 12.9. The molecule has 0 atom stereocenters. The number of rotatable bonds is 5. The average molecular weight is 357 g/mol. The van der Waals surface area contributed by atoms with Crippen molar-refractivity contribution in [1.29, 1.82) is 0 Å². The van der Waals surface area contributed by atoms with E-state index in [9.17, 15) is 13.2 Å². The van der Waals surface area contributed by atoms with Crippen LogP contribution in [0.2, 0.25) is 5.02 Å². The summed E-state index contributed by atoms with van der Waals surface area (Å²) in [5.74, 6) is 0.0486. The molecule has 0 spiro atoms. The van der Waals surface area contributed by atoms with Gasteiger partial charge in [-0.2, -0.15) is 0 Å². The lowest BCUT2D eigenvalue weighted by Crippen LogP contribution is -2.54. The van der Waals surface area contributed by atoms with Gasteiger partial charge in [-0.25, -0.2) is 8.42 Å². The standard InChI is InChI=1S/C16H21ClN2O3S/c17-13-3-5-14(6-4-13)23(21,22)16(7-1-2-8-16)15(20)19-11-12-9-18-10-12/h3-6,12,18H,1-2,7-11H2,(H,19,20). The molecule has 1 aromatic carbocycles. The van der Waals surface area contributed by atoms with Gasteiger partial charge in [0.05, 0.1) is 4.90 Å². The highest BCUT2D eigenvalue weighted by molar-refractivity contribution is 7.93. The van der Waals surface area contributed by atoms with Gasteiger partial charge in [-0.15, -0.1) is 0 Å². The maximum atomic E-state index is 13.1. The lowest BCUT2D eigenvalue weighted by Gasteiger charge is -2.31. The molecule has 0 radical (unpaired) electrons. The highest BCUT2D eigenvalue weighted by Crippen LogP contribution is 2.41. The number of benzene rings is 1. The van der Waals surface area contributed by atoms with E-state index in [1.165, 1.54) is 12.1 Å². The van der Waals surface area contributed by atoms with Crippen LogP contribution < -0.4 is 10.6 Å². The van der Waals surface area contributed by atoms with E-state index in [0.29, 0.717) is 30.3 Å². The number of nitrogens with one attached hydrogen (secondary N) is 2. The van der Waals surface area contributed by atoms with E-state index in [4.69, 9.17) is 11.6 Å². The molecule has 3 rings (SSSR count). The molecule has 1 saturated carbocycles. The van der Waals surface area contributed by atoms with Crippen molar-refractivity contribution in [2.75, 3.05) is 19.6 Å². The predicted octanol–water partition coefficient (Wildman–Crippen LogP) is 1.76. The zero-order valence-corrected chi connectivity index (χ0v) is 14.4. The molecule has 2 N–H and O–H groups in total. The Kier molecular flexibility index (Phi) is 4.67. The number of hydrogen-bond donors (Lipinski definition) is 2. The Morgan fingerprint density at radius 3 is 2.35 bits per heavy atom. The molecule has 1 aliphatic carbocycles. The molecule has 1 heterocycles. The first kappa shape index (κ1) is 16.7. The van der Waals surface area contributed by atoms with Crippen molar-refractivity contribution in [2.24, 2.45) is 5.92 Å². The Balaban J connectivity index is 1.86. The molecule has 1 saturated heterocycles. The van der Waals surface area contributed by atoms with Gasteiger partial charge >= 0.3 is 0 Å². The number of hydrogen-bond acceptors (Lipinski definition) is 4. The Hall–Kier alpha value is -1.11. The molecule has 5 nitrogen and oxygen atoms in total. The number of sulfone groups is 1. The number of halogens is 1. The SMILES string of the molecule is O=C(NCC1CNC1)C1(S(=O)(=O)c2ccc(Cl)cc2)CCCC1. The third kappa shape index (κ3) is 2.99. The second-order valence-corrected chi connectivity index (χ2v) is 9.09. The Morgan fingerprint density at radius 2 is 1.83 bits per heavy atom. The van der Waals surface area contributed by atoms with Crippen molar-refractivity contribution in [3.8, 4) is 0 Å². The van der Waals surface area contributed by atoms with E-state index in [1.54, 1.807) is 12.1 Å². The summed E-state index contributed by atoms with van der Waals surface area (Å²) in [6, 6.07) is 6.08. The molecule has 1 aliphatic heterocycles. The van der Waals surface area contributed by atoms with Crippen molar-refractivity contribution in [3.05, 3.63) is 29.3 Å². The van der Waals surface area contributed by atoms with Crippen molar-refractivity contribution in [2.45, 2.75) is 35.3 Å². The third-order valence-corrected chi connectivity index (χ3v) is 7.65. The van der Waals surface area contributed by atoms with Crippen LogP contribution in [0, 0.1) is 5.92 Å². The zero-order valence-electron chi connectivity index (χ0n) is 12.8. The number of amides is 1. The van der Waals surface area contributed by atoms with Gasteiger partial charge < -0.3 is 10.6 Å². The van der Waals surface area contributed by atoms with Gasteiger partial charge in [0, 0.05) is 30.6 Å². The minimum Gasteiger partial charge on any atom is -0.354 e. The molecule has 126 valence electrons. The Morgan fingerprint density at radius 1 is 1.22 bits per heavy atom. The van der Waals surface area contributed by atoms with E-state index >= 15 is 0 Å². The van der Waals surface area contributed by atoms with Crippen LogP contribution in [0.1, 0.15) is 25.7 Å². The summed E-state index contributed by atoms with van der Waals surface area (Å²) in [6.45, 7) is 2.28. The Labute approximate surface area is 141 Å². The molecular formula is C16H21ClN2O3S. The minimum absolute atomic E-state index is 0.171. The van der Waals surface area contributed by atoms with E-state index < -0.39 is 14.6 Å². The summed E-state index contributed by atoms with van der Waals surface area (Å²) < 4.78 is 24.9. The van der Waals surface area contributed by atoms with Gasteiger partial charge in [-0.1, -0.05) is 24.4 Å². The van der Waals surface area contributed by atoms with E-state index in [-0.39, 0.29) is 10.8 Å². The van der Waals surface area contributed by atoms with Crippen LogP contribution in [-0.4, -0.2) is 38.7 Å². The molecule has 2 fully saturated rings. The molecule has 7 heteroatoms. The first-order valence-electron chi connectivity index (χ1n) is 7.95. The predicted molar refractivity (Wildman–Crippen MR) is 89.2 cm³/mol. The van der Waals surface area contributed by atoms with Gasteiger partial charge in [-0.05, 0) is 37.1 Å². The monoisotopic (exact) mass is 356 g/mol. The first-order valence-corrected chi connectivity index (χ1v) is 9.81. The number of carbonyl (C=O) groups is 1. The molecular weight excluding hydrogens is 336 g/mol. The van der Waals surface area contributed by atoms with Crippen LogP contribution in [0.3, 0.4) is 0 Å². The summed E-state index contributed by atoms with van der Waals surface area (Å²) in [5, 5.41) is 6.49. The maximum absolute atomic E-state index is 13.1. The molecule has 1 amide bonds. The first-order chi connectivity index (χ1) is 11.0. The smallest absolute Gasteiger partial charge is 0.241 e. The topological polar surface area (TPSA) is 75.3 Å². The number of carbonyl (C=O) groups excluding carboxylic acids is 1. The highest BCUT2D eigenvalue weighted by Gasteiger charge is 2.52. The summed E-state index contributed by atoms with van der Waals surface area (Å²) in [5.41, 5.74) is 0. The fraction of sp³-hybridized carbons (Fsp3) is 0.562. The molecule has 1 aromatic rings. The minimum atomic E-state index is -3.74. The maximum Gasteiger partial charge on any atom is 0.241 e. The average Bonchev–Trinajstić information content (AvgIpc) is 2.97. The molecule has 2 aliphatic rings. The van der Waals surface area contributed by atoms with Crippen molar-refractivity contribution >= 4 is 27.3 Å². The van der Waals surface area contributed by atoms with Gasteiger partial charge in [0.15, 0.2) is 14.6 Å². The van der Waals surface area contributed by atoms with Gasteiger partial charge in [-0.3, -0.25) is 4.79 Å².